The summed E-state index contributed by atoms with van der Waals surface area (Å²) in [6.45, 7) is 0.183. The van der Waals surface area contributed by atoms with Gasteiger partial charge in [-0.05, 0) is 0 Å². The van der Waals surface area contributed by atoms with Gasteiger partial charge in [-0.25, -0.2) is 4.79 Å². The number of cyclic esters (lactones) is 1. The Morgan fingerprint density at radius 3 is 2.75 bits per heavy atom. The van der Waals surface area contributed by atoms with Crippen LogP contribution in [0.15, 0.2) is 0 Å². The summed E-state index contributed by atoms with van der Waals surface area (Å²) in [5.74, 6) is 0. The van der Waals surface area contributed by atoms with Crippen LogP contribution >= 0.6 is 11.8 Å². The molecular formula is C3H5ClN2O2. The Morgan fingerprint density at radius 1 is 2.00 bits per heavy atom. The molecule has 1 rings (SSSR count). The Balaban J connectivity index is 2.56. The smallest absolute Gasteiger partial charge is 0.426 e. The molecule has 1 atom stereocenters. The molecule has 1 aliphatic heterocycles. The van der Waals surface area contributed by atoms with Crippen molar-refractivity contribution >= 4 is 17.9 Å². The molecule has 0 bridgehead atoms. The number of hydrogen-bond acceptors (Lipinski definition) is 3. The molecule has 0 aromatic heterocycles. The summed E-state index contributed by atoms with van der Waals surface area (Å²) in [4.78, 5) is 10.3. The third kappa shape index (κ3) is 0.719. The number of nitrogens with two attached hydrogens (primary N) is 1. The number of carbonyl (C=O) groups is 1. The van der Waals surface area contributed by atoms with Crippen molar-refractivity contribution in [3.63, 3.8) is 0 Å². The fourth-order valence-corrected chi connectivity index (χ4v) is 0.524. The van der Waals surface area contributed by atoms with Crippen LogP contribution in [-0.4, -0.2) is 23.3 Å². The zero-order valence-corrected chi connectivity index (χ0v) is 4.76. The molecule has 4 nitrogen and oxygen atoms in total. The second-order valence-electron chi connectivity index (χ2n) is 1.46. The third-order valence-corrected chi connectivity index (χ3v) is 1.23. The largest absolute Gasteiger partial charge is 0.445 e. The highest BCUT2D eigenvalue weighted by atomic mass is 35.5. The number of ether oxygens (including phenoxy) is 1. The lowest BCUT2D eigenvalue weighted by Gasteiger charge is -2.03. The van der Waals surface area contributed by atoms with Crippen LogP contribution in [0.3, 0.4) is 0 Å². The predicted octanol–water partition coefficient (Wildman–Crippen LogP) is -0.123. The number of carbonyl (C=O) groups excluding carboxylic acids is 1. The minimum absolute atomic E-state index is 0.183. The van der Waals surface area contributed by atoms with E-state index in [0.29, 0.717) is 0 Å². The Hall–Kier alpha value is -0.480. The molecule has 8 heavy (non-hydrogen) atoms. The molecule has 1 amide bonds. The molecule has 0 aromatic rings. The van der Waals surface area contributed by atoms with Crippen molar-refractivity contribution in [3.05, 3.63) is 0 Å². The molecule has 2 N–H and O–H groups in total. The molecule has 1 aliphatic rings. The number of amides is 1. The van der Waals surface area contributed by atoms with Crippen molar-refractivity contribution < 1.29 is 9.53 Å². The monoisotopic (exact) mass is 136 g/mol. The first-order chi connectivity index (χ1) is 3.72. The molecule has 0 saturated carbocycles. The fourth-order valence-electron chi connectivity index (χ4n) is 0.419. The highest BCUT2D eigenvalue weighted by Gasteiger charge is 2.28. The maximum Gasteiger partial charge on any atom is 0.426 e. The molecule has 0 spiro atoms. The average molecular weight is 137 g/mol. The lowest BCUT2D eigenvalue weighted by atomic mass is 10.6. The lowest BCUT2D eigenvalue weighted by molar-refractivity contribution is 0.170. The van der Waals surface area contributed by atoms with Gasteiger partial charge in [-0.2, -0.15) is 4.42 Å². The van der Waals surface area contributed by atoms with Crippen molar-refractivity contribution in [2.75, 3.05) is 6.61 Å². The van der Waals surface area contributed by atoms with Crippen LogP contribution in [0.1, 0.15) is 0 Å². The normalized spacial score (nSPS) is 28.5. The number of nitrogens with zero attached hydrogens (tertiary/aromatic N) is 1. The molecule has 5 heteroatoms. The second-order valence-corrected chi connectivity index (χ2v) is 1.82. The standard InChI is InChI=1S/C3H5ClN2O2/c4-6-2(5)1-8-3(6)7/h2H,1,5H2. The summed E-state index contributed by atoms with van der Waals surface area (Å²) in [7, 11) is 0. The summed E-state index contributed by atoms with van der Waals surface area (Å²) in [5, 5.41) is 0. The van der Waals surface area contributed by atoms with Crippen molar-refractivity contribution in [1.82, 2.24) is 4.42 Å². The Labute approximate surface area is 51.3 Å². The van der Waals surface area contributed by atoms with Gasteiger partial charge in [0.15, 0.2) is 0 Å². The van der Waals surface area contributed by atoms with Gasteiger partial charge >= 0.3 is 6.09 Å². The number of hydrogen-bond donors (Lipinski definition) is 1. The van der Waals surface area contributed by atoms with Gasteiger partial charge in [0, 0.05) is 11.8 Å². The summed E-state index contributed by atoms with van der Waals surface area (Å²) >= 11 is 5.25. The average Bonchev–Trinajstić information content (AvgIpc) is 1.98. The third-order valence-electron chi connectivity index (χ3n) is 0.843. The van der Waals surface area contributed by atoms with E-state index >= 15 is 0 Å². The lowest BCUT2D eigenvalue weighted by Crippen LogP contribution is -2.32. The van der Waals surface area contributed by atoms with E-state index in [-0.39, 0.29) is 6.61 Å². The van der Waals surface area contributed by atoms with Gasteiger partial charge in [0.05, 0.1) is 0 Å². The van der Waals surface area contributed by atoms with Crippen LogP contribution in [0.2, 0.25) is 0 Å². The second kappa shape index (κ2) is 1.80. The van der Waals surface area contributed by atoms with E-state index in [1.807, 2.05) is 0 Å². The van der Waals surface area contributed by atoms with Crippen molar-refractivity contribution in [2.45, 2.75) is 6.17 Å². The summed E-state index contributed by atoms with van der Waals surface area (Å²) in [6, 6.07) is 0. The first-order valence-corrected chi connectivity index (χ1v) is 2.43. The molecule has 0 aliphatic carbocycles. The van der Waals surface area contributed by atoms with Gasteiger partial charge in [0.2, 0.25) is 0 Å². The predicted molar refractivity (Wildman–Crippen MR) is 27.0 cm³/mol. The number of rotatable bonds is 0. The molecule has 1 fully saturated rings. The summed E-state index contributed by atoms with van der Waals surface area (Å²) < 4.78 is 5.24. The molecule has 46 valence electrons. The molecule has 0 aromatic carbocycles. The SMILES string of the molecule is NC1COC(=O)N1Cl. The van der Waals surface area contributed by atoms with Crippen molar-refractivity contribution in [2.24, 2.45) is 5.73 Å². The summed E-state index contributed by atoms with van der Waals surface area (Å²) in [6.07, 6.45) is -1.05. The Bertz CT molecular complexity index is 118. The molecule has 1 saturated heterocycles. The first kappa shape index (κ1) is 5.65. The van der Waals surface area contributed by atoms with E-state index in [4.69, 9.17) is 17.5 Å². The quantitative estimate of drug-likeness (QED) is 0.473. The number of halogens is 1. The molecular weight excluding hydrogens is 131 g/mol. The fraction of sp³-hybridized carbons (Fsp3) is 0.667. The van der Waals surface area contributed by atoms with Crippen molar-refractivity contribution in [3.8, 4) is 0 Å². The Morgan fingerprint density at radius 2 is 2.62 bits per heavy atom. The van der Waals surface area contributed by atoms with Crippen LogP contribution in [0.4, 0.5) is 4.79 Å². The minimum Gasteiger partial charge on any atom is -0.445 e. The maximum absolute atomic E-state index is 10.3. The van der Waals surface area contributed by atoms with E-state index in [1.165, 1.54) is 0 Å². The summed E-state index contributed by atoms with van der Waals surface area (Å²) in [5.41, 5.74) is 5.22. The van der Waals surface area contributed by atoms with Gasteiger partial charge in [0.25, 0.3) is 0 Å². The maximum atomic E-state index is 10.3. The highest BCUT2D eigenvalue weighted by Crippen LogP contribution is 2.09. The molecule has 1 unspecified atom stereocenters. The van der Waals surface area contributed by atoms with Gasteiger partial charge in [-0.1, -0.05) is 0 Å². The first-order valence-electron chi connectivity index (χ1n) is 2.09. The van der Waals surface area contributed by atoms with Crippen LogP contribution in [0.5, 0.6) is 0 Å². The van der Waals surface area contributed by atoms with E-state index in [1.54, 1.807) is 0 Å². The van der Waals surface area contributed by atoms with Gasteiger partial charge in [-0.15, -0.1) is 0 Å². The van der Waals surface area contributed by atoms with E-state index in [0.717, 1.165) is 4.42 Å². The highest BCUT2D eigenvalue weighted by molar-refractivity contribution is 6.20. The topological polar surface area (TPSA) is 55.6 Å². The van der Waals surface area contributed by atoms with E-state index in [9.17, 15) is 4.79 Å². The Kier molecular flexibility index (Phi) is 1.27. The van der Waals surface area contributed by atoms with Crippen LogP contribution < -0.4 is 5.73 Å². The van der Waals surface area contributed by atoms with Gasteiger partial charge in [0.1, 0.15) is 12.8 Å². The zero-order valence-electron chi connectivity index (χ0n) is 4.00. The zero-order chi connectivity index (χ0) is 6.15. The molecule has 0 radical (unpaired) electrons. The van der Waals surface area contributed by atoms with E-state index < -0.39 is 12.3 Å². The minimum atomic E-state index is -0.570. The van der Waals surface area contributed by atoms with Gasteiger partial charge < -0.3 is 10.5 Å². The van der Waals surface area contributed by atoms with E-state index in [2.05, 4.69) is 4.74 Å². The van der Waals surface area contributed by atoms with Crippen LogP contribution in [0, 0.1) is 0 Å². The molecule has 1 heterocycles. The van der Waals surface area contributed by atoms with Crippen molar-refractivity contribution in [1.29, 1.82) is 0 Å². The van der Waals surface area contributed by atoms with Crippen LogP contribution in [-0.2, 0) is 4.74 Å². The van der Waals surface area contributed by atoms with Crippen LogP contribution in [0.25, 0.3) is 0 Å². The van der Waals surface area contributed by atoms with Gasteiger partial charge in [-0.3, -0.25) is 0 Å².